The molecule has 0 aliphatic carbocycles. The zero-order chi connectivity index (χ0) is 21.7. The maximum atomic E-state index is 9.31. The summed E-state index contributed by atoms with van der Waals surface area (Å²) in [5, 5.41) is 16.0. The van der Waals surface area contributed by atoms with Gasteiger partial charge in [-0.1, -0.05) is 30.3 Å². The van der Waals surface area contributed by atoms with Crippen LogP contribution in [0.2, 0.25) is 0 Å². The lowest BCUT2D eigenvalue weighted by molar-refractivity contribution is 0.203. The largest absolute Gasteiger partial charge is 0.494 e. The van der Waals surface area contributed by atoms with Crippen molar-refractivity contribution in [1.82, 2.24) is 10.6 Å². The van der Waals surface area contributed by atoms with Crippen LogP contribution in [0.5, 0.6) is 5.75 Å². The lowest BCUT2D eigenvalue weighted by atomic mass is 9.97. The van der Waals surface area contributed by atoms with Gasteiger partial charge in [0.15, 0.2) is 5.96 Å². The Bertz CT molecular complexity index is 772. The first-order valence-electron chi connectivity index (χ1n) is 11.4. The molecule has 0 radical (unpaired) electrons. The van der Waals surface area contributed by atoms with Gasteiger partial charge in [-0.15, -0.1) is 0 Å². The number of nitrogens with one attached hydrogen (secondary N) is 2. The molecular weight excluding hydrogens is 388 g/mol. The lowest BCUT2D eigenvalue weighted by Crippen LogP contribution is -2.38. The minimum atomic E-state index is 0.312. The summed E-state index contributed by atoms with van der Waals surface area (Å²) in [6.07, 6.45) is 3.04. The number of hydrogen-bond donors (Lipinski definition) is 3. The number of anilines is 1. The van der Waals surface area contributed by atoms with E-state index in [1.165, 1.54) is 11.3 Å². The number of hydrogen-bond acceptors (Lipinski definition) is 4. The predicted octanol–water partition coefficient (Wildman–Crippen LogP) is 3.42. The lowest BCUT2D eigenvalue weighted by Gasteiger charge is -2.32. The summed E-state index contributed by atoms with van der Waals surface area (Å²) >= 11 is 0. The van der Waals surface area contributed by atoms with Crippen LogP contribution >= 0.6 is 0 Å². The van der Waals surface area contributed by atoms with Crippen molar-refractivity contribution in [3.8, 4) is 5.75 Å². The van der Waals surface area contributed by atoms with Crippen molar-refractivity contribution in [3.63, 3.8) is 0 Å². The van der Waals surface area contributed by atoms with Crippen LogP contribution in [0.3, 0.4) is 0 Å². The van der Waals surface area contributed by atoms with Crippen molar-refractivity contribution < 1.29 is 9.84 Å². The summed E-state index contributed by atoms with van der Waals surface area (Å²) in [4.78, 5) is 7.12. The third kappa shape index (κ3) is 7.79. The fourth-order valence-electron chi connectivity index (χ4n) is 3.68. The van der Waals surface area contributed by atoms with Crippen molar-refractivity contribution in [2.24, 2.45) is 10.9 Å². The molecule has 1 aliphatic heterocycles. The molecule has 0 aromatic heterocycles. The number of guanidine groups is 1. The Kier molecular flexibility index (Phi) is 9.51. The van der Waals surface area contributed by atoms with Crippen LogP contribution in [0.15, 0.2) is 59.6 Å². The van der Waals surface area contributed by atoms with E-state index in [4.69, 9.17) is 9.73 Å². The number of nitrogens with zero attached hydrogens (tertiary/aromatic N) is 2. The number of ether oxygens (including phenoxy) is 1. The molecule has 3 rings (SSSR count). The second-order valence-corrected chi connectivity index (χ2v) is 7.92. The van der Waals surface area contributed by atoms with Crippen molar-refractivity contribution in [1.29, 1.82) is 0 Å². The molecule has 0 atom stereocenters. The van der Waals surface area contributed by atoms with Gasteiger partial charge in [0.2, 0.25) is 0 Å². The summed E-state index contributed by atoms with van der Waals surface area (Å²) in [5.41, 5.74) is 2.45. The summed E-state index contributed by atoms with van der Waals surface area (Å²) in [6.45, 7) is 7.38. The molecule has 0 spiro atoms. The van der Waals surface area contributed by atoms with E-state index in [2.05, 4.69) is 46.7 Å². The molecule has 0 amide bonds. The summed E-state index contributed by atoms with van der Waals surface area (Å²) in [5.74, 6) is 2.20. The Morgan fingerprint density at radius 1 is 1.06 bits per heavy atom. The van der Waals surface area contributed by atoms with Gasteiger partial charge in [0.1, 0.15) is 5.75 Å². The zero-order valence-electron chi connectivity index (χ0n) is 18.6. The molecule has 0 bridgehead atoms. The Labute approximate surface area is 186 Å². The molecule has 6 nitrogen and oxygen atoms in total. The standard InChI is InChI=1S/C25H36N4O2/c1-2-26-25(27-15-6-18-31-24-7-4-3-5-8-24)28-19-21-9-11-23(12-10-21)29-16-13-22(20-30)14-17-29/h3-5,7-12,22,30H,2,6,13-20H2,1H3,(H2,26,27,28). The monoisotopic (exact) mass is 424 g/mol. The minimum absolute atomic E-state index is 0.312. The number of aliphatic hydroxyl groups excluding tert-OH is 1. The van der Waals surface area contributed by atoms with Crippen LogP contribution in [0.1, 0.15) is 31.7 Å². The number of benzene rings is 2. The number of piperidine rings is 1. The quantitative estimate of drug-likeness (QED) is 0.310. The molecule has 2 aromatic carbocycles. The first-order chi connectivity index (χ1) is 15.3. The van der Waals surface area contributed by atoms with Gasteiger partial charge >= 0.3 is 0 Å². The average Bonchev–Trinajstić information content (AvgIpc) is 2.83. The molecule has 1 fully saturated rings. The summed E-state index contributed by atoms with van der Waals surface area (Å²) in [6, 6.07) is 18.6. The smallest absolute Gasteiger partial charge is 0.191 e. The van der Waals surface area contributed by atoms with E-state index in [-0.39, 0.29) is 0 Å². The Hall–Kier alpha value is -2.73. The highest BCUT2D eigenvalue weighted by atomic mass is 16.5. The molecule has 0 saturated carbocycles. The summed E-state index contributed by atoms with van der Waals surface area (Å²) in [7, 11) is 0. The molecular formula is C25H36N4O2. The van der Waals surface area contributed by atoms with Crippen molar-refractivity contribution in [2.75, 3.05) is 44.3 Å². The molecule has 31 heavy (non-hydrogen) atoms. The second kappa shape index (κ2) is 12.8. The third-order valence-corrected chi connectivity index (χ3v) is 5.56. The highest BCUT2D eigenvalue weighted by Gasteiger charge is 2.18. The number of aliphatic hydroxyl groups is 1. The van der Waals surface area contributed by atoms with Gasteiger partial charge < -0.3 is 25.4 Å². The molecule has 6 heteroatoms. The number of rotatable bonds is 10. The second-order valence-electron chi connectivity index (χ2n) is 7.92. The predicted molar refractivity (Wildman–Crippen MR) is 128 cm³/mol. The molecule has 168 valence electrons. The van der Waals surface area contributed by atoms with E-state index >= 15 is 0 Å². The number of para-hydroxylation sites is 1. The van der Waals surface area contributed by atoms with Gasteiger partial charge in [0, 0.05) is 38.5 Å². The topological polar surface area (TPSA) is 69.1 Å². The third-order valence-electron chi connectivity index (χ3n) is 5.56. The minimum Gasteiger partial charge on any atom is -0.494 e. The van der Waals surface area contributed by atoms with E-state index in [1.807, 2.05) is 30.3 Å². The molecule has 0 unspecified atom stereocenters. The van der Waals surface area contributed by atoms with Crippen LogP contribution in [0.25, 0.3) is 0 Å². The fraction of sp³-hybridized carbons (Fsp3) is 0.480. The van der Waals surface area contributed by atoms with Gasteiger partial charge in [-0.05, 0) is 61.9 Å². The van der Waals surface area contributed by atoms with Crippen molar-refractivity contribution in [2.45, 2.75) is 32.7 Å². The van der Waals surface area contributed by atoms with Gasteiger partial charge in [0.05, 0.1) is 13.2 Å². The van der Waals surface area contributed by atoms with E-state index in [9.17, 15) is 5.11 Å². The maximum absolute atomic E-state index is 9.31. The molecule has 2 aromatic rings. The SMILES string of the molecule is CCNC(=NCc1ccc(N2CCC(CO)CC2)cc1)NCCCOc1ccccc1. The van der Waals surface area contributed by atoms with Crippen molar-refractivity contribution >= 4 is 11.6 Å². The Morgan fingerprint density at radius 2 is 1.81 bits per heavy atom. The van der Waals surface area contributed by atoms with Crippen molar-refractivity contribution in [3.05, 3.63) is 60.2 Å². The van der Waals surface area contributed by atoms with Gasteiger partial charge in [-0.3, -0.25) is 0 Å². The molecule has 1 aliphatic rings. The van der Waals surface area contributed by atoms with Crippen LogP contribution in [0.4, 0.5) is 5.69 Å². The molecule has 3 N–H and O–H groups in total. The normalized spacial score (nSPS) is 15.0. The van der Waals surface area contributed by atoms with Gasteiger partial charge in [-0.2, -0.15) is 0 Å². The van der Waals surface area contributed by atoms with E-state index in [0.717, 1.165) is 57.2 Å². The van der Waals surface area contributed by atoms with Crippen LogP contribution in [0, 0.1) is 5.92 Å². The Morgan fingerprint density at radius 3 is 2.48 bits per heavy atom. The fourth-order valence-corrected chi connectivity index (χ4v) is 3.68. The first-order valence-corrected chi connectivity index (χ1v) is 11.4. The van der Waals surface area contributed by atoms with Crippen LogP contribution in [-0.4, -0.2) is 50.5 Å². The highest BCUT2D eigenvalue weighted by Crippen LogP contribution is 2.23. The number of aliphatic imine (C=N–C) groups is 1. The average molecular weight is 425 g/mol. The van der Waals surface area contributed by atoms with E-state index in [1.54, 1.807) is 0 Å². The van der Waals surface area contributed by atoms with Gasteiger partial charge in [0.25, 0.3) is 0 Å². The molecule has 1 heterocycles. The first kappa shape index (κ1) is 22.9. The Balaban J connectivity index is 1.41. The highest BCUT2D eigenvalue weighted by molar-refractivity contribution is 5.79. The van der Waals surface area contributed by atoms with E-state index in [0.29, 0.717) is 25.7 Å². The van der Waals surface area contributed by atoms with E-state index < -0.39 is 0 Å². The maximum Gasteiger partial charge on any atom is 0.191 e. The molecule has 1 saturated heterocycles. The van der Waals surface area contributed by atoms with Gasteiger partial charge in [-0.25, -0.2) is 4.99 Å². The van der Waals surface area contributed by atoms with Crippen LogP contribution < -0.4 is 20.3 Å². The zero-order valence-corrected chi connectivity index (χ0v) is 18.6. The van der Waals surface area contributed by atoms with Crippen LogP contribution in [-0.2, 0) is 6.54 Å². The summed E-state index contributed by atoms with van der Waals surface area (Å²) < 4.78 is 5.73.